The molecule has 28 heavy (non-hydrogen) atoms. The van der Waals surface area contributed by atoms with Crippen LogP contribution >= 0.6 is 23.3 Å². The number of hydrogen-bond acceptors (Lipinski definition) is 7. The van der Waals surface area contributed by atoms with E-state index in [2.05, 4.69) is 19.8 Å². The van der Waals surface area contributed by atoms with Crippen LogP contribution in [0.2, 0.25) is 0 Å². The van der Waals surface area contributed by atoms with Crippen molar-refractivity contribution in [1.29, 1.82) is 0 Å². The fourth-order valence-electron chi connectivity index (χ4n) is 3.26. The Morgan fingerprint density at radius 3 is 3.00 bits per heavy atom. The Kier molecular flexibility index (Phi) is 5.22. The van der Waals surface area contributed by atoms with Crippen LogP contribution in [-0.2, 0) is 0 Å². The van der Waals surface area contributed by atoms with Gasteiger partial charge in [0.2, 0.25) is 0 Å². The molecule has 3 aromatic rings. The Labute approximate surface area is 170 Å². The summed E-state index contributed by atoms with van der Waals surface area (Å²) >= 11 is 2.78. The molecule has 0 bridgehead atoms. The molecule has 1 aliphatic heterocycles. The zero-order chi connectivity index (χ0) is 19.8. The van der Waals surface area contributed by atoms with Crippen molar-refractivity contribution in [2.45, 2.75) is 31.2 Å². The van der Waals surface area contributed by atoms with Crippen LogP contribution in [-0.4, -0.2) is 39.5 Å². The van der Waals surface area contributed by atoms with Crippen LogP contribution in [0.15, 0.2) is 29.2 Å². The van der Waals surface area contributed by atoms with Gasteiger partial charge in [0.25, 0.3) is 5.91 Å². The smallest absolute Gasteiger partial charge is 0.263 e. The summed E-state index contributed by atoms with van der Waals surface area (Å²) in [7, 11) is 0. The van der Waals surface area contributed by atoms with E-state index in [9.17, 15) is 9.18 Å². The van der Waals surface area contributed by atoms with Gasteiger partial charge in [-0.2, -0.15) is 5.10 Å². The van der Waals surface area contributed by atoms with E-state index >= 15 is 0 Å². The third kappa shape index (κ3) is 3.69. The van der Waals surface area contributed by atoms with Crippen LogP contribution in [0.1, 0.15) is 27.3 Å². The molecule has 0 aliphatic carbocycles. The van der Waals surface area contributed by atoms with Crippen molar-refractivity contribution < 1.29 is 9.18 Å². The number of rotatable bonds is 4. The highest BCUT2D eigenvalue weighted by molar-refractivity contribution is 7.97. The third-order valence-electron chi connectivity index (χ3n) is 4.86. The maximum Gasteiger partial charge on any atom is 0.263 e. The van der Waals surface area contributed by atoms with Crippen molar-refractivity contribution in [3.05, 3.63) is 46.2 Å². The molecule has 1 aromatic carbocycles. The maximum atomic E-state index is 13.3. The van der Waals surface area contributed by atoms with Gasteiger partial charge < -0.3 is 11.1 Å². The number of aryl methyl sites for hydroxylation is 2. The van der Waals surface area contributed by atoms with Gasteiger partial charge in [0.05, 0.1) is 11.4 Å². The average molecular weight is 418 g/mol. The molecule has 0 saturated carbocycles. The zero-order valence-electron chi connectivity index (χ0n) is 15.5. The molecule has 0 radical (unpaired) electrons. The number of thiophene rings is 1. The van der Waals surface area contributed by atoms with Crippen LogP contribution in [0.25, 0.3) is 10.2 Å². The molecule has 3 heterocycles. The number of fused-ring (bicyclic) bond motifs is 1. The minimum Gasteiger partial charge on any atom is -0.397 e. The molecule has 1 atom stereocenters. The number of carbonyl (C=O) groups excluding carboxylic acids is 1. The predicted octanol–water partition coefficient (Wildman–Crippen LogP) is 3.54. The number of carbonyl (C=O) groups is 1. The molecule has 9 heteroatoms. The minimum absolute atomic E-state index is 0.0205. The zero-order valence-corrected chi connectivity index (χ0v) is 17.2. The van der Waals surface area contributed by atoms with Gasteiger partial charge in [-0.05, 0) is 56.0 Å². The van der Waals surface area contributed by atoms with E-state index in [-0.39, 0.29) is 17.8 Å². The fourth-order valence-corrected chi connectivity index (χ4v) is 5.32. The number of hydrogen-bond donors (Lipinski definition) is 2. The first-order valence-electron chi connectivity index (χ1n) is 8.93. The largest absolute Gasteiger partial charge is 0.397 e. The van der Waals surface area contributed by atoms with Crippen LogP contribution in [0.3, 0.4) is 0 Å². The Morgan fingerprint density at radius 2 is 2.21 bits per heavy atom. The third-order valence-corrected chi connectivity index (χ3v) is 7.00. The number of nitrogens with zero attached hydrogens (tertiary/aromatic N) is 3. The first-order valence-corrected chi connectivity index (χ1v) is 10.5. The number of benzene rings is 1. The average Bonchev–Trinajstić information content (AvgIpc) is 3.22. The van der Waals surface area contributed by atoms with Gasteiger partial charge in [-0.3, -0.25) is 4.79 Å². The Morgan fingerprint density at radius 1 is 1.39 bits per heavy atom. The molecule has 1 fully saturated rings. The number of halogens is 1. The highest BCUT2D eigenvalue weighted by Gasteiger charge is 2.27. The highest BCUT2D eigenvalue weighted by Crippen LogP contribution is 2.35. The summed E-state index contributed by atoms with van der Waals surface area (Å²) in [5, 5.41) is 12.2. The Balaban J connectivity index is 1.44. The standard InChI is InChI=1S/C19H20FN5OS2/c1-10-11(2)23-24-19-15(10)16(21)17(27-19)18(26)22-13-6-7-25(9-13)28-14-5-3-4-12(20)8-14/h3-5,8,13H,6-7,9,21H2,1-2H3,(H,22,26). The lowest BCUT2D eigenvalue weighted by Gasteiger charge is -2.15. The van der Waals surface area contributed by atoms with Gasteiger partial charge in [-0.15, -0.1) is 16.4 Å². The summed E-state index contributed by atoms with van der Waals surface area (Å²) in [6.07, 6.45) is 0.830. The highest BCUT2D eigenvalue weighted by atomic mass is 32.2. The number of aromatic nitrogens is 2. The summed E-state index contributed by atoms with van der Waals surface area (Å²) in [5.41, 5.74) is 8.49. The molecule has 1 saturated heterocycles. The summed E-state index contributed by atoms with van der Waals surface area (Å²) < 4.78 is 15.5. The van der Waals surface area contributed by atoms with Gasteiger partial charge in [-0.1, -0.05) is 6.07 Å². The van der Waals surface area contributed by atoms with Gasteiger partial charge >= 0.3 is 0 Å². The second-order valence-electron chi connectivity index (χ2n) is 6.83. The lowest BCUT2D eigenvalue weighted by atomic mass is 10.1. The summed E-state index contributed by atoms with van der Waals surface area (Å²) in [6, 6.07) is 6.54. The first kappa shape index (κ1) is 19.1. The summed E-state index contributed by atoms with van der Waals surface area (Å²) in [6.45, 7) is 5.32. The number of nitrogens with two attached hydrogens (primary N) is 1. The van der Waals surface area contributed by atoms with Crippen molar-refractivity contribution in [2.75, 3.05) is 18.8 Å². The molecular weight excluding hydrogens is 397 g/mol. The topological polar surface area (TPSA) is 84.1 Å². The Hall–Kier alpha value is -2.23. The van der Waals surface area contributed by atoms with Crippen LogP contribution < -0.4 is 11.1 Å². The van der Waals surface area contributed by atoms with Crippen LogP contribution in [0, 0.1) is 19.7 Å². The molecule has 1 amide bonds. The van der Waals surface area contributed by atoms with E-state index in [1.165, 1.54) is 35.4 Å². The first-order chi connectivity index (χ1) is 13.4. The van der Waals surface area contributed by atoms with Crippen LogP contribution in [0.4, 0.5) is 10.1 Å². The van der Waals surface area contributed by atoms with E-state index in [1.807, 2.05) is 19.9 Å². The Bertz CT molecular complexity index is 1050. The normalized spacial score (nSPS) is 17.3. The van der Waals surface area contributed by atoms with E-state index in [0.717, 1.165) is 34.5 Å². The quantitative estimate of drug-likeness (QED) is 0.632. The monoisotopic (exact) mass is 417 g/mol. The molecule has 146 valence electrons. The lowest BCUT2D eigenvalue weighted by Crippen LogP contribution is -2.36. The van der Waals surface area contributed by atoms with E-state index < -0.39 is 0 Å². The number of nitrogens with one attached hydrogen (secondary N) is 1. The molecule has 2 aromatic heterocycles. The number of anilines is 1. The maximum absolute atomic E-state index is 13.3. The van der Waals surface area contributed by atoms with Crippen molar-refractivity contribution >= 4 is 45.1 Å². The van der Waals surface area contributed by atoms with E-state index in [1.54, 1.807) is 6.07 Å². The summed E-state index contributed by atoms with van der Waals surface area (Å²) in [5.74, 6) is -0.428. The molecule has 1 unspecified atom stereocenters. The van der Waals surface area contributed by atoms with Gasteiger partial charge in [-0.25, -0.2) is 8.70 Å². The molecular formula is C19H20FN5OS2. The fraction of sp³-hybridized carbons (Fsp3) is 0.316. The molecule has 4 rings (SSSR count). The second kappa shape index (κ2) is 7.65. The predicted molar refractivity (Wildman–Crippen MR) is 111 cm³/mol. The van der Waals surface area contributed by atoms with Gasteiger partial charge in [0.1, 0.15) is 15.5 Å². The van der Waals surface area contributed by atoms with Gasteiger partial charge in [0, 0.05) is 29.4 Å². The minimum atomic E-state index is -0.247. The molecule has 1 aliphatic rings. The van der Waals surface area contributed by atoms with E-state index in [4.69, 9.17) is 5.73 Å². The molecule has 6 nitrogen and oxygen atoms in total. The van der Waals surface area contributed by atoms with Crippen molar-refractivity contribution in [3.8, 4) is 0 Å². The second-order valence-corrected chi connectivity index (χ2v) is 9.00. The van der Waals surface area contributed by atoms with Crippen molar-refractivity contribution in [1.82, 2.24) is 19.8 Å². The summed E-state index contributed by atoms with van der Waals surface area (Å²) in [4.78, 5) is 14.8. The number of nitrogen functional groups attached to an aromatic ring is 1. The number of amides is 1. The molecule has 3 N–H and O–H groups in total. The van der Waals surface area contributed by atoms with E-state index in [0.29, 0.717) is 21.9 Å². The lowest BCUT2D eigenvalue weighted by molar-refractivity contribution is 0.0944. The molecule has 0 spiro atoms. The van der Waals surface area contributed by atoms with Crippen molar-refractivity contribution in [3.63, 3.8) is 0 Å². The van der Waals surface area contributed by atoms with Gasteiger partial charge in [0.15, 0.2) is 0 Å². The van der Waals surface area contributed by atoms with Crippen LogP contribution in [0.5, 0.6) is 0 Å². The SMILES string of the molecule is Cc1nnc2sc(C(=O)NC3CCN(Sc4cccc(F)c4)C3)c(N)c2c1C. The van der Waals surface area contributed by atoms with Crippen molar-refractivity contribution in [2.24, 2.45) is 0 Å².